The van der Waals surface area contributed by atoms with E-state index < -0.39 is 0 Å². The first-order valence-electron chi connectivity index (χ1n) is 7.40. The van der Waals surface area contributed by atoms with Crippen LogP contribution in [0.1, 0.15) is 25.1 Å². The van der Waals surface area contributed by atoms with Gasteiger partial charge in [-0.15, -0.1) is 11.3 Å². The predicted molar refractivity (Wildman–Crippen MR) is 92.5 cm³/mol. The number of rotatable bonds is 7. The van der Waals surface area contributed by atoms with Crippen molar-refractivity contribution in [2.45, 2.75) is 32.7 Å². The first-order chi connectivity index (χ1) is 10.1. The molecule has 0 fully saturated rings. The monoisotopic (exact) mass is 304 g/mol. The van der Waals surface area contributed by atoms with Gasteiger partial charge >= 0.3 is 0 Å². The summed E-state index contributed by atoms with van der Waals surface area (Å²) in [6.45, 7) is 5.01. The van der Waals surface area contributed by atoms with Crippen LogP contribution in [-0.4, -0.2) is 19.7 Å². The summed E-state index contributed by atoms with van der Waals surface area (Å²) in [5, 5.41) is 2.12. The van der Waals surface area contributed by atoms with Crippen LogP contribution in [0.5, 0.6) is 5.75 Å². The molecule has 21 heavy (non-hydrogen) atoms. The molecule has 2 N–H and O–H groups in total. The van der Waals surface area contributed by atoms with E-state index in [9.17, 15) is 0 Å². The largest absolute Gasteiger partial charge is 0.491 e. The number of hydrogen-bond donors (Lipinski definition) is 1. The van der Waals surface area contributed by atoms with Crippen molar-refractivity contribution in [1.82, 2.24) is 0 Å². The SMILES string of the molecule is CCCOc1cccc(N(C)C(C)Cc2cccs2)c1N. The van der Waals surface area contributed by atoms with Crippen LogP contribution in [0.3, 0.4) is 0 Å². The molecule has 0 spiro atoms. The van der Waals surface area contributed by atoms with Gasteiger partial charge in [-0.2, -0.15) is 0 Å². The lowest BCUT2D eigenvalue weighted by molar-refractivity contribution is 0.319. The van der Waals surface area contributed by atoms with Crippen molar-refractivity contribution in [3.8, 4) is 5.75 Å². The summed E-state index contributed by atoms with van der Waals surface area (Å²) >= 11 is 1.80. The number of thiophene rings is 1. The minimum atomic E-state index is 0.382. The second-order valence-electron chi connectivity index (χ2n) is 5.28. The Balaban J connectivity index is 2.12. The molecule has 1 aromatic carbocycles. The minimum Gasteiger partial charge on any atom is -0.491 e. The molecule has 0 aliphatic carbocycles. The summed E-state index contributed by atoms with van der Waals surface area (Å²) in [7, 11) is 2.09. The van der Waals surface area contributed by atoms with E-state index in [1.807, 2.05) is 12.1 Å². The Bertz CT molecular complexity index is 554. The average Bonchev–Trinajstić information content (AvgIpc) is 2.98. The molecule has 0 saturated carbocycles. The van der Waals surface area contributed by atoms with Crippen LogP contribution in [0.25, 0.3) is 0 Å². The fraction of sp³-hybridized carbons (Fsp3) is 0.412. The summed E-state index contributed by atoms with van der Waals surface area (Å²) < 4.78 is 5.71. The van der Waals surface area contributed by atoms with Gasteiger partial charge in [-0.05, 0) is 36.9 Å². The molecule has 1 aromatic heterocycles. The zero-order chi connectivity index (χ0) is 15.2. The Morgan fingerprint density at radius 3 is 2.76 bits per heavy atom. The number of likely N-dealkylation sites (N-methyl/N-ethyl adjacent to an activating group) is 1. The lowest BCUT2D eigenvalue weighted by Gasteiger charge is -2.28. The number of anilines is 2. The molecule has 1 unspecified atom stereocenters. The zero-order valence-corrected chi connectivity index (χ0v) is 13.8. The van der Waals surface area contributed by atoms with Gasteiger partial charge in [0, 0.05) is 24.4 Å². The van der Waals surface area contributed by atoms with Crippen LogP contribution in [0.2, 0.25) is 0 Å². The van der Waals surface area contributed by atoms with Crippen molar-refractivity contribution >= 4 is 22.7 Å². The van der Waals surface area contributed by atoms with Crippen molar-refractivity contribution < 1.29 is 4.74 Å². The third-order valence-corrected chi connectivity index (χ3v) is 4.52. The highest BCUT2D eigenvalue weighted by Crippen LogP contribution is 2.33. The van der Waals surface area contributed by atoms with Crippen molar-refractivity contribution in [2.24, 2.45) is 0 Å². The molecule has 114 valence electrons. The van der Waals surface area contributed by atoms with Gasteiger partial charge in [0.05, 0.1) is 18.0 Å². The van der Waals surface area contributed by atoms with E-state index in [0.29, 0.717) is 12.6 Å². The first-order valence-corrected chi connectivity index (χ1v) is 8.28. The van der Waals surface area contributed by atoms with Gasteiger partial charge < -0.3 is 15.4 Å². The standard InChI is InChI=1S/C17H24N2OS/c1-4-10-20-16-9-5-8-15(17(16)18)19(3)13(2)12-14-7-6-11-21-14/h5-9,11,13H,4,10,12,18H2,1-3H3. The second-order valence-corrected chi connectivity index (χ2v) is 6.31. The van der Waals surface area contributed by atoms with E-state index in [4.69, 9.17) is 10.5 Å². The van der Waals surface area contributed by atoms with Crippen molar-refractivity contribution in [1.29, 1.82) is 0 Å². The van der Waals surface area contributed by atoms with E-state index in [1.165, 1.54) is 4.88 Å². The van der Waals surface area contributed by atoms with Gasteiger partial charge in [0.1, 0.15) is 5.75 Å². The number of para-hydroxylation sites is 1. The summed E-state index contributed by atoms with van der Waals surface area (Å²) in [5.41, 5.74) is 8.04. The first kappa shape index (κ1) is 15.7. The fourth-order valence-electron chi connectivity index (χ4n) is 2.27. The number of ether oxygens (including phenoxy) is 1. The molecule has 0 aliphatic heterocycles. The molecule has 2 aromatic rings. The van der Waals surface area contributed by atoms with Crippen LogP contribution >= 0.6 is 11.3 Å². The third kappa shape index (κ3) is 3.91. The molecular formula is C17H24N2OS. The van der Waals surface area contributed by atoms with Crippen LogP contribution < -0.4 is 15.4 Å². The smallest absolute Gasteiger partial charge is 0.144 e. The molecule has 0 amide bonds. The normalized spacial score (nSPS) is 12.1. The van der Waals surface area contributed by atoms with Gasteiger partial charge in [-0.25, -0.2) is 0 Å². The molecule has 0 saturated heterocycles. The van der Waals surface area contributed by atoms with E-state index in [-0.39, 0.29) is 0 Å². The summed E-state index contributed by atoms with van der Waals surface area (Å²) in [5.74, 6) is 0.782. The number of nitrogens with zero attached hydrogens (tertiary/aromatic N) is 1. The van der Waals surface area contributed by atoms with Crippen LogP contribution in [0, 0.1) is 0 Å². The maximum Gasteiger partial charge on any atom is 0.144 e. The highest BCUT2D eigenvalue weighted by molar-refractivity contribution is 7.09. The van der Waals surface area contributed by atoms with Crippen molar-refractivity contribution in [3.63, 3.8) is 0 Å². The Morgan fingerprint density at radius 1 is 1.29 bits per heavy atom. The third-order valence-electron chi connectivity index (χ3n) is 3.62. The number of nitrogens with two attached hydrogens (primary N) is 1. The number of hydrogen-bond acceptors (Lipinski definition) is 4. The highest BCUT2D eigenvalue weighted by atomic mass is 32.1. The van der Waals surface area contributed by atoms with Crippen molar-refractivity contribution in [3.05, 3.63) is 40.6 Å². The minimum absolute atomic E-state index is 0.382. The number of benzene rings is 1. The lowest BCUT2D eigenvalue weighted by atomic mass is 10.1. The molecule has 0 aliphatic rings. The predicted octanol–water partition coefficient (Wildman–Crippen LogP) is 4.19. The van der Waals surface area contributed by atoms with E-state index in [0.717, 1.165) is 30.0 Å². The summed E-state index contributed by atoms with van der Waals surface area (Å²) in [6.07, 6.45) is 2.00. The molecule has 0 bridgehead atoms. The van der Waals surface area contributed by atoms with Gasteiger partial charge in [0.15, 0.2) is 0 Å². The molecule has 0 radical (unpaired) electrons. The molecule has 1 atom stereocenters. The molecular weight excluding hydrogens is 280 g/mol. The Morgan fingerprint density at radius 2 is 2.10 bits per heavy atom. The maximum absolute atomic E-state index is 6.27. The zero-order valence-electron chi connectivity index (χ0n) is 13.0. The number of nitrogen functional groups attached to an aromatic ring is 1. The van der Waals surface area contributed by atoms with Gasteiger partial charge in [-0.1, -0.05) is 19.1 Å². The summed E-state index contributed by atoms with van der Waals surface area (Å²) in [6, 6.07) is 10.7. The van der Waals surface area contributed by atoms with E-state index in [2.05, 4.69) is 49.4 Å². The quantitative estimate of drug-likeness (QED) is 0.780. The molecule has 1 heterocycles. The second kappa shape index (κ2) is 7.36. The maximum atomic E-state index is 6.27. The molecule has 4 heteroatoms. The van der Waals surface area contributed by atoms with Crippen LogP contribution in [0.4, 0.5) is 11.4 Å². The van der Waals surface area contributed by atoms with Crippen LogP contribution in [-0.2, 0) is 6.42 Å². The average molecular weight is 304 g/mol. The Hall–Kier alpha value is -1.68. The molecule has 2 rings (SSSR count). The van der Waals surface area contributed by atoms with E-state index in [1.54, 1.807) is 11.3 Å². The topological polar surface area (TPSA) is 38.5 Å². The van der Waals surface area contributed by atoms with E-state index >= 15 is 0 Å². The highest BCUT2D eigenvalue weighted by Gasteiger charge is 2.15. The van der Waals surface area contributed by atoms with Gasteiger partial charge in [0.25, 0.3) is 0 Å². The van der Waals surface area contributed by atoms with Gasteiger partial charge in [0.2, 0.25) is 0 Å². The lowest BCUT2D eigenvalue weighted by Crippen LogP contribution is -2.31. The van der Waals surface area contributed by atoms with Gasteiger partial charge in [-0.3, -0.25) is 0 Å². The van der Waals surface area contributed by atoms with Crippen LogP contribution in [0.15, 0.2) is 35.7 Å². The summed E-state index contributed by atoms with van der Waals surface area (Å²) in [4.78, 5) is 3.62. The fourth-order valence-corrected chi connectivity index (χ4v) is 3.10. The molecule has 3 nitrogen and oxygen atoms in total. The Kier molecular flexibility index (Phi) is 5.51. The van der Waals surface area contributed by atoms with Crippen molar-refractivity contribution in [2.75, 3.05) is 24.3 Å². The Labute approximate surface area is 131 Å².